The molecule has 1 aliphatic heterocycles. The van der Waals surface area contributed by atoms with Gasteiger partial charge in [0, 0.05) is 19.6 Å². The Morgan fingerprint density at radius 1 is 1.42 bits per heavy atom. The third-order valence-corrected chi connectivity index (χ3v) is 2.69. The minimum atomic E-state index is -1.05. The van der Waals surface area contributed by atoms with E-state index >= 15 is 0 Å². The first kappa shape index (κ1) is 15.3. The van der Waals surface area contributed by atoms with Crippen LogP contribution in [-0.2, 0) is 9.53 Å². The standard InChI is InChI=1S/C13H20N2O4/c1-5-6-14-7-8-15(10(9-14)11(16)17)12(18)19-13(2,3)4/h1,10H,6-9H2,2-4H3,(H,16,17)/t10-/m0/s1. The second-order valence-electron chi connectivity index (χ2n) is 5.47. The fraction of sp³-hybridized carbons (Fsp3) is 0.692. The lowest BCUT2D eigenvalue weighted by Crippen LogP contribution is -2.59. The Kier molecular flexibility index (Phi) is 4.78. The van der Waals surface area contributed by atoms with Crippen molar-refractivity contribution in [2.45, 2.75) is 32.4 Å². The fourth-order valence-corrected chi connectivity index (χ4v) is 1.86. The number of carbonyl (C=O) groups is 2. The van der Waals surface area contributed by atoms with Gasteiger partial charge in [-0.1, -0.05) is 5.92 Å². The van der Waals surface area contributed by atoms with Crippen LogP contribution in [0.5, 0.6) is 0 Å². The number of hydrogen-bond acceptors (Lipinski definition) is 4. The van der Waals surface area contributed by atoms with E-state index in [-0.39, 0.29) is 6.54 Å². The number of aliphatic carboxylic acids is 1. The van der Waals surface area contributed by atoms with E-state index in [1.165, 1.54) is 4.90 Å². The molecule has 0 saturated carbocycles. The van der Waals surface area contributed by atoms with Crippen LogP contribution in [0.4, 0.5) is 4.79 Å². The predicted octanol–water partition coefficient (Wildman–Crippen LogP) is 0.625. The van der Waals surface area contributed by atoms with Gasteiger partial charge in [-0.2, -0.15) is 0 Å². The first-order valence-electron chi connectivity index (χ1n) is 6.13. The Bertz CT molecular complexity index is 394. The summed E-state index contributed by atoms with van der Waals surface area (Å²) in [6, 6.07) is -0.919. The Morgan fingerprint density at radius 2 is 2.05 bits per heavy atom. The number of amides is 1. The quantitative estimate of drug-likeness (QED) is 0.744. The molecule has 0 aromatic carbocycles. The van der Waals surface area contributed by atoms with Gasteiger partial charge in [0.15, 0.2) is 0 Å². The van der Waals surface area contributed by atoms with Crippen LogP contribution in [0.1, 0.15) is 20.8 Å². The molecule has 1 fully saturated rings. The molecule has 0 radical (unpaired) electrons. The first-order chi connectivity index (χ1) is 8.74. The zero-order valence-electron chi connectivity index (χ0n) is 11.5. The summed E-state index contributed by atoms with van der Waals surface area (Å²) >= 11 is 0. The van der Waals surface area contributed by atoms with Gasteiger partial charge in [-0.25, -0.2) is 9.59 Å². The normalized spacial score (nSPS) is 20.7. The molecule has 1 atom stereocenters. The summed E-state index contributed by atoms with van der Waals surface area (Å²) in [5.41, 5.74) is -0.643. The molecule has 1 aliphatic rings. The van der Waals surface area contributed by atoms with E-state index in [4.69, 9.17) is 11.2 Å². The molecule has 0 aromatic heterocycles. The van der Waals surface area contributed by atoms with Gasteiger partial charge in [-0.3, -0.25) is 9.80 Å². The highest BCUT2D eigenvalue weighted by Gasteiger charge is 2.37. The summed E-state index contributed by atoms with van der Waals surface area (Å²) in [5.74, 6) is 1.43. The summed E-state index contributed by atoms with van der Waals surface area (Å²) in [7, 11) is 0. The molecule has 1 heterocycles. The number of terminal acetylenes is 1. The fourth-order valence-electron chi connectivity index (χ4n) is 1.86. The van der Waals surface area contributed by atoms with Crippen molar-refractivity contribution in [3.05, 3.63) is 0 Å². The maximum Gasteiger partial charge on any atom is 0.411 e. The third-order valence-electron chi connectivity index (χ3n) is 2.69. The van der Waals surface area contributed by atoms with Gasteiger partial charge in [-0.05, 0) is 20.8 Å². The Hall–Kier alpha value is -1.74. The largest absolute Gasteiger partial charge is 0.480 e. The van der Waals surface area contributed by atoms with Crippen LogP contribution < -0.4 is 0 Å². The smallest absolute Gasteiger partial charge is 0.411 e. The van der Waals surface area contributed by atoms with Crippen molar-refractivity contribution in [1.29, 1.82) is 0 Å². The Morgan fingerprint density at radius 3 is 2.53 bits per heavy atom. The molecule has 6 heteroatoms. The van der Waals surface area contributed by atoms with Gasteiger partial charge < -0.3 is 9.84 Å². The van der Waals surface area contributed by atoms with Gasteiger partial charge in [0.2, 0.25) is 0 Å². The van der Waals surface area contributed by atoms with Crippen molar-refractivity contribution in [3.8, 4) is 12.3 Å². The van der Waals surface area contributed by atoms with Crippen LogP contribution in [0.15, 0.2) is 0 Å². The van der Waals surface area contributed by atoms with Gasteiger partial charge >= 0.3 is 12.1 Å². The van der Waals surface area contributed by atoms with Gasteiger partial charge in [0.1, 0.15) is 11.6 Å². The second-order valence-corrected chi connectivity index (χ2v) is 5.47. The van der Waals surface area contributed by atoms with E-state index in [1.54, 1.807) is 20.8 Å². The average Bonchev–Trinajstić information content (AvgIpc) is 2.26. The number of carboxylic acid groups (broad SMARTS) is 1. The van der Waals surface area contributed by atoms with Crippen LogP contribution in [0, 0.1) is 12.3 Å². The van der Waals surface area contributed by atoms with Crippen molar-refractivity contribution < 1.29 is 19.4 Å². The molecule has 6 nitrogen and oxygen atoms in total. The average molecular weight is 268 g/mol. The highest BCUT2D eigenvalue weighted by atomic mass is 16.6. The molecule has 1 rings (SSSR count). The molecule has 106 valence electrons. The SMILES string of the molecule is C#CCN1CCN(C(=O)OC(C)(C)C)[C@H](C(=O)O)C1. The monoisotopic (exact) mass is 268 g/mol. The topological polar surface area (TPSA) is 70.1 Å². The van der Waals surface area contributed by atoms with Crippen molar-refractivity contribution in [2.75, 3.05) is 26.2 Å². The third kappa shape index (κ3) is 4.45. The number of ether oxygens (including phenoxy) is 1. The summed E-state index contributed by atoms with van der Waals surface area (Å²) < 4.78 is 5.22. The maximum atomic E-state index is 12.0. The lowest BCUT2D eigenvalue weighted by atomic mass is 10.1. The minimum absolute atomic E-state index is 0.221. The maximum absolute atomic E-state index is 12.0. The molecule has 0 aromatic rings. The first-order valence-corrected chi connectivity index (χ1v) is 6.13. The lowest BCUT2D eigenvalue weighted by Gasteiger charge is -2.39. The zero-order valence-corrected chi connectivity index (χ0v) is 11.5. The zero-order chi connectivity index (χ0) is 14.6. The summed E-state index contributed by atoms with van der Waals surface area (Å²) in [5, 5.41) is 9.21. The van der Waals surface area contributed by atoms with Crippen LogP contribution >= 0.6 is 0 Å². The highest BCUT2D eigenvalue weighted by Crippen LogP contribution is 2.16. The molecular weight excluding hydrogens is 248 g/mol. The van der Waals surface area contributed by atoms with E-state index in [2.05, 4.69) is 5.92 Å². The van der Waals surface area contributed by atoms with Crippen molar-refractivity contribution in [1.82, 2.24) is 9.80 Å². The number of hydrogen-bond donors (Lipinski definition) is 1. The molecular formula is C13H20N2O4. The van der Waals surface area contributed by atoms with Crippen LogP contribution in [0.3, 0.4) is 0 Å². The summed E-state index contributed by atoms with van der Waals surface area (Å²) in [4.78, 5) is 26.3. The number of piperazine rings is 1. The number of carboxylic acids is 1. The van der Waals surface area contributed by atoms with Crippen molar-refractivity contribution >= 4 is 12.1 Å². The second kappa shape index (κ2) is 5.93. The van der Waals surface area contributed by atoms with Crippen molar-refractivity contribution in [2.24, 2.45) is 0 Å². The molecule has 0 aliphatic carbocycles. The Balaban J connectivity index is 2.75. The number of rotatable bonds is 2. The lowest BCUT2D eigenvalue weighted by molar-refractivity contribution is -0.145. The molecule has 1 amide bonds. The van der Waals surface area contributed by atoms with Gasteiger partial charge in [0.25, 0.3) is 0 Å². The molecule has 1 N–H and O–H groups in total. The van der Waals surface area contributed by atoms with Crippen LogP contribution in [0.25, 0.3) is 0 Å². The summed E-state index contributed by atoms with van der Waals surface area (Å²) in [6.07, 6.45) is 4.62. The minimum Gasteiger partial charge on any atom is -0.480 e. The highest BCUT2D eigenvalue weighted by molar-refractivity contribution is 5.80. The number of nitrogens with zero attached hydrogens (tertiary/aromatic N) is 2. The van der Waals surface area contributed by atoms with Gasteiger partial charge in [0.05, 0.1) is 6.54 Å². The molecule has 1 saturated heterocycles. The molecule has 0 unspecified atom stereocenters. The number of carbonyl (C=O) groups excluding carboxylic acids is 1. The van der Waals surface area contributed by atoms with E-state index < -0.39 is 23.7 Å². The molecule has 0 bridgehead atoms. The van der Waals surface area contributed by atoms with Crippen molar-refractivity contribution in [3.63, 3.8) is 0 Å². The van der Waals surface area contributed by atoms with Gasteiger partial charge in [-0.15, -0.1) is 6.42 Å². The molecule has 19 heavy (non-hydrogen) atoms. The predicted molar refractivity (Wildman–Crippen MR) is 69.6 cm³/mol. The summed E-state index contributed by atoms with van der Waals surface area (Å²) in [6.45, 7) is 6.69. The van der Waals surface area contributed by atoms with E-state index in [9.17, 15) is 14.7 Å². The molecule has 0 spiro atoms. The Labute approximate surface area is 113 Å². The van der Waals surface area contributed by atoms with E-state index in [1.807, 2.05) is 4.90 Å². The van der Waals surface area contributed by atoms with E-state index in [0.29, 0.717) is 19.6 Å². The van der Waals surface area contributed by atoms with Crippen LogP contribution in [0.2, 0.25) is 0 Å². The van der Waals surface area contributed by atoms with E-state index in [0.717, 1.165) is 0 Å². The van der Waals surface area contributed by atoms with Crippen LogP contribution in [-0.4, -0.2) is 64.8 Å².